The molecule has 1 fully saturated rings. The fourth-order valence-corrected chi connectivity index (χ4v) is 3.33. The van der Waals surface area contributed by atoms with E-state index in [1.807, 2.05) is 4.90 Å². The van der Waals surface area contributed by atoms with E-state index in [0.29, 0.717) is 17.1 Å². The first-order valence-electron chi connectivity index (χ1n) is 10.0. The van der Waals surface area contributed by atoms with Crippen LogP contribution in [0.25, 0.3) is 0 Å². The molecule has 0 spiro atoms. The zero-order valence-electron chi connectivity index (χ0n) is 18.4. The number of carbonyl (C=O) groups is 3. The number of carbonyl (C=O) groups excluding carboxylic acids is 1. The van der Waals surface area contributed by atoms with Crippen molar-refractivity contribution in [2.45, 2.75) is 13.5 Å². The summed E-state index contributed by atoms with van der Waals surface area (Å²) in [6.45, 7) is 6.28. The largest absolute Gasteiger partial charge is 0.493 e. The Morgan fingerprint density at radius 3 is 2.03 bits per heavy atom. The number of carboxylic acids is 2. The van der Waals surface area contributed by atoms with E-state index in [9.17, 15) is 4.79 Å². The van der Waals surface area contributed by atoms with E-state index in [-0.39, 0.29) is 5.91 Å². The number of amides is 1. The number of benzene rings is 2. The van der Waals surface area contributed by atoms with E-state index in [4.69, 9.17) is 29.3 Å². The molecular formula is C23H28N2O7. The molecule has 1 amide bonds. The van der Waals surface area contributed by atoms with Crippen molar-refractivity contribution in [2.24, 2.45) is 0 Å². The van der Waals surface area contributed by atoms with Gasteiger partial charge in [-0.2, -0.15) is 0 Å². The Morgan fingerprint density at radius 1 is 0.875 bits per heavy atom. The summed E-state index contributed by atoms with van der Waals surface area (Å²) < 4.78 is 10.5. The quantitative estimate of drug-likeness (QED) is 0.674. The third kappa shape index (κ3) is 6.98. The second kappa shape index (κ2) is 11.7. The summed E-state index contributed by atoms with van der Waals surface area (Å²) in [5.74, 6) is -2.39. The SMILES string of the molecule is COc1ccc(C(=O)N2CCN(Cc3cccc(C)c3)CC2)cc1OC.O=C(O)C(=O)O. The van der Waals surface area contributed by atoms with Gasteiger partial charge < -0.3 is 24.6 Å². The standard InChI is InChI=1S/C21H26N2O3.C2H2O4/c1-16-5-4-6-17(13-16)15-22-9-11-23(12-10-22)21(24)18-7-8-19(25-2)20(14-18)26-3;3-1(4)2(5)6/h4-8,13-14H,9-12,15H2,1-3H3;(H,3,4)(H,5,6). The molecule has 1 aliphatic heterocycles. The summed E-state index contributed by atoms with van der Waals surface area (Å²) in [5.41, 5.74) is 3.24. The fourth-order valence-electron chi connectivity index (χ4n) is 3.33. The highest BCUT2D eigenvalue weighted by Crippen LogP contribution is 2.28. The molecule has 32 heavy (non-hydrogen) atoms. The summed E-state index contributed by atoms with van der Waals surface area (Å²) in [5, 5.41) is 14.8. The highest BCUT2D eigenvalue weighted by Gasteiger charge is 2.23. The second-order valence-corrected chi connectivity index (χ2v) is 7.24. The number of nitrogens with zero attached hydrogens (tertiary/aromatic N) is 2. The van der Waals surface area contributed by atoms with Gasteiger partial charge in [0.1, 0.15) is 0 Å². The van der Waals surface area contributed by atoms with Crippen LogP contribution in [0, 0.1) is 6.92 Å². The van der Waals surface area contributed by atoms with Crippen LogP contribution < -0.4 is 9.47 Å². The lowest BCUT2D eigenvalue weighted by Crippen LogP contribution is -2.48. The van der Waals surface area contributed by atoms with Gasteiger partial charge in [0.15, 0.2) is 11.5 Å². The number of piperazine rings is 1. The van der Waals surface area contributed by atoms with Crippen LogP contribution in [0.1, 0.15) is 21.5 Å². The number of hydrogen-bond acceptors (Lipinski definition) is 6. The summed E-state index contributed by atoms with van der Waals surface area (Å²) in [4.78, 5) is 35.3. The Bertz CT molecular complexity index is 941. The molecule has 2 aromatic rings. The number of rotatable bonds is 5. The first kappa shape index (κ1) is 24.7. The highest BCUT2D eigenvalue weighted by molar-refractivity contribution is 6.27. The van der Waals surface area contributed by atoms with Crippen molar-refractivity contribution in [1.29, 1.82) is 0 Å². The third-order valence-electron chi connectivity index (χ3n) is 4.96. The van der Waals surface area contributed by atoms with Gasteiger partial charge in [-0.15, -0.1) is 0 Å². The maximum Gasteiger partial charge on any atom is 0.414 e. The van der Waals surface area contributed by atoms with Gasteiger partial charge >= 0.3 is 11.9 Å². The molecule has 9 heteroatoms. The molecule has 0 aromatic heterocycles. The minimum absolute atomic E-state index is 0.0427. The van der Waals surface area contributed by atoms with Crippen LogP contribution in [0.4, 0.5) is 0 Å². The van der Waals surface area contributed by atoms with Crippen molar-refractivity contribution in [3.63, 3.8) is 0 Å². The van der Waals surface area contributed by atoms with E-state index in [2.05, 4.69) is 36.1 Å². The molecule has 0 bridgehead atoms. The van der Waals surface area contributed by atoms with Gasteiger partial charge in [-0.05, 0) is 30.7 Å². The minimum atomic E-state index is -1.82. The van der Waals surface area contributed by atoms with E-state index in [1.165, 1.54) is 11.1 Å². The summed E-state index contributed by atoms with van der Waals surface area (Å²) in [7, 11) is 3.17. The maximum atomic E-state index is 12.8. The average Bonchev–Trinajstić information content (AvgIpc) is 2.79. The molecule has 1 saturated heterocycles. The Morgan fingerprint density at radius 2 is 1.50 bits per heavy atom. The molecular weight excluding hydrogens is 416 g/mol. The van der Waals surface area contributed by atoms with Crippen LogP contribution in [0.5, 0.6) is 11.5 Å². The van der Waals surface area contributed by atoms with Gasteiger partial charge in [0, 0.05) is 38.3 Å². The zero-order valence-corrected chi connectivity index (χ0v) is 18.4. The predicted octanol–water partition coefficient (Wildman–Crippen LogP) is 2.13. The number of hydrogen-bond donors (Lipinski definition) is 2. The first-order chi connectivity index (χ1) is 15.2. The Kier molecular flexibility index (Phi) is 9.03. The number of aryl methyl sites for hydroxylation is 1. The maximum absolute atomic E-state index is 12.8. The van der Waals surface area contributed by atoms with Gasteiger partial charge in [-0.25, -0.2) is 9.59 Å². The van der Waals surface area contributed by atoms with E-state index >= 15 is 0 Å². The van der Waals surface area contributed by atoms with Crippen LogP contribution >= 0.6 is 0 Å². The van der Waals surface area contributed by atoms with Crippen LogP contribution in [0.2, 0.25) is 0 Å². The van der Waals surface area contributed by atoms with Crippen molar-refractivity contribution >= 4 is 17.8 Å². The van der Waals surface area contributed by atoms with Crippen molar-refractivity contribution in [2.75, 3.05) is 40.4 Å². The smallest absolute Gasteiger partial charge is 0.414 e. The topological polar surface area (TPSA) is 117 Å². The van der Waals surface area contributed by atoms with Crippen LogP contribution in [0.3, 0.4) is 0 Å². The number of ether oxygens (including phenoxy) is 2. The molecule has 1 heterocycles. The fraction of sp³-hybridized carbons (Fsp3) is 0.348. The number of methoxy groups -OCH3 is 2. The molecule has 2 N–H and O–H groups in total. The molecule has 1 aliphatic rings. The van der Waals surface area contributed by atoms with Crippen molar-refractivity contribution in [3.05, 3.63) is 59.2 Å². The Labute approximate surface area is 186 Å². The van der Waals surface area contributed by atoms with Crippen LogP contribution in [-0.4, -0.2) is 78.3 Å². The second-order valence-electron chi connectivity index (χ2n) is 7.24. The van der Waals surface area contributed by atoms with Gasteiger partial charge in [-0.1, -0.05) is 29.8 Å². The molecule has 0 unspecified atom stereocenters. The first-order valence-corrected chi connectivity index (χ1v) is 10.0. The molecule has 3 rings (SSSR count). The van der Waals surface area contributed by atoms with Crippen molar-refractivity contribution < 1.29 is 34.1 Å². The molecule has 0 aliphatic carbocycles. The average molecular weight is 444 g/mol. The monoisotopic (exact) mass is 444 g/mol. The summed E-state index contributed by atoms with van der Waals surface area (Å²) >= 11 is 0. The van der Waals surface area contributed by atoms with Gasteiger partial charge in [0.2, 0.25) is 0 Å². The van der Waals surface area contributed by atoms with Crippen molar-refractivity contribution in [3.8, 4) is 11.5 Å². The minimum Gasteiger partial charge on any atom is -0.493 e. The van der Waals surface area contributed by atoms with E-state index in [0.717, 1.165) is 32.7 Å². The van der Waals surface area contributed by atoms with Crippen LogP contribution in [0.15, 0.2) is 42.5 Å². The van der Waals surface area contributed by atoms with E-state index < -0.39 is 11.9 Å². The zero-order chi connectivity index (χ0) is 23.7. The third-order valence-corrected chi connectivity index (χ3v) is 4.96. The lowest BCUT2D eigenvalue weighted by atomic mass is 10.1. The van der Waals surface area contributed by atoms with Crippen molar-refractivity contribution in [1.82, 2.24) is 9.80 Å². The Balaban J connectivity index is 0.000000534. The number of carboxylic acid groups (broad SMARTS) is 2. The number of aliphatic carboxylic acids is 2. The lowest BCUT2D eigenvalue weighted by molar-refractivity contribution is -0.159. The molecule has 0 atom stereocenters. The lowest BCUT2D eigenvalue weighted by Gasteiger charge is -2.35. The van der Waals surface area contributed by atoms with Gasteiger partial charge in [0.05, 0.1) is 14.2 Å². The van der Waals surface area contributed by atoms with E-state index in [1.54, 1.807) is 32.4 Å². The molecule has 9 nitrogen and oxygen atoms in total. The summed E-state index contributed by atoms with van der Waals surface area (Å²) in [6, 6.07) is 13.9. The molecule has 172 valence electrons. The Hall–Kier alpha value is -3.59. The summed E-state index contributed by atoms with van der Waals surface area (Å²) in [6.07, 6.45) is 0. The predicted molar refractivity (Wildman–Crippen MR) is 117 cm³/mol. The van der Waals surface area contributed by atoms with Gasteiger partial charge in [-0.3, -0.25) is 9.69 Å². The molecule has 2 aromatic carbocycles. The highest BCUT2D eigenvalue weighted by atomic mass is 16.5. The molecule has 0 radical (unpaired) electrons. The van der Waals surface area contributed by atoms with Crippen LogP contribution in [-0.2, 0) is 16.1 Å². The normalized spacial score (nSPS) is 13.5. The molecule has 0 saturated carbocycles. The van der Waals surface area contributed by atoms with Gasteiger partial charge in [0.25, 0.3) is 5.91 Å².